The lowest BCUT2D eigenvalue weighted by Crippen LogP contribution is -2.30. The lowest BCUT2D eigenvalue weighted by Gasteiger charge is -2.18. The van der Waals surface area contributed by atoms with Crippen LogP contribution in [0.25, 0.3) is 11.3 Å². The number of nitrogens with zero attached hydrogens (tertiary/aromatic N) is 3. The molecule has 0 fully saturated rings. The number of hydrogen-bond acceptors (Lipinski definition) is 3. The average molecular weight is 369 g/mol. The molecular weight excluding hydrogens is 346 g/mol. The maximum atomic E-state index is 13.1. The Morgan fingerprint density at radius 2 is 1.50 bits per heavy atom. The van der Waals surface area contributed by atoms with Crippen LogP contribution in [0.4, 0.5) is 0 Å². The first-order valence-electron chi connectivity index (χ1n) is 8.73. The summed E-state index contributed by atoms with van der Waals surface area (Å²) in [6.45, 7) is 5.07. The van der Waals surface area contributed by atoms with E-state index in [0.29, 0.717) is 25.3 Å². The Kier molecular flexibility index (Phi) is 5.54. The molecule has 0 saturated carbocycles. The molecule has 0 atom stereocenters. The zero-order chi connectivity index (χ0) is 18.6. The molecule has 6 heteroatoms. The van der Waals surface area contributed by atoms with Gasteiger partial charge in [0.25, 0.3) is 0 Å². The highest BCUT2D eigenvalue weighted by Gasteiger charge is 2.28. The van der Waals surface area contributed by atoms with E-state index in [1.807, 2.05) is 74.5 Å². The molecule has 0 aliphatic rings. The molecule has 1 heterocycles. The number of sulfonamides is 1. The minimum atomic E-state index is -3.60. The lowest BCUT2D eigenvalue weighted by atomic mass is 10.2. The molecular formula is C20H23N3O2S. The Balaban J connectivity index is 2.10. The fourth-order valence-corrected chi connectivity index (χ4v) is 4.56. The van der Waals surface area contributed by atoms with Crippen molar-refractivity contribution < 1.29 is 8.42 Å². The van der Waals surface area contributed by atoms with E-state index in [2.05, 4.69) is 5.10 Å². The van der Waals surface area contributed by atoms with Gasteiger partial charge in [-0.25, -0.2) is 8.42 Å². The highest BCUT2D eigenvalue weighted by Crippen LogP contribution is 2.28. The summed E-state index contributed by atoms with van der Waals surface area (Å²) < 4.78 is 29.4. The van der Waals surface area contributed by atoms with Crippen molar-refractivity contribution in [1.82, 2.24) is 14.1 Å². The van der Waals surface area contributed by atoms with Crippen LogP contribution in [0.1, 0.15) is 19.4 Å². The van der Waals surface area contributed by atoms with E-state index in [0.717, 1.165) is 11.1 Å². The zero-order valence-electron chi connectivity index (χ0n) is 15.0. The largest absolute Gasteiger partial charge is 0.266 e. The van der Waals surface area contributed by atoms with Gasteiger partial charge in [-0.15, -0.1) is 0 Å². The first-order valence-corrected chi connectivity index (χ1v) is 10.2. The number of hydrogen-bond donors (Lipinski definition) is 0. The molecule has 0 bridgehead atoms. The summed E-state index contributed by atoms with van der Waals surface area (Å²) in [6.07, 6.45) is 1.64. The smallest absolute Gasteiger partial charge is 0.246 e. The second-order valence-corrected chi connectivity index (χ2v) is 7.89. The average Bonchev–Trinajstić information content (AvgIpc) is 3.09. The monoisotopic (exact) mass is 369 g/mol. The van der Waals surface area contributed by atoms with Gasteiger partial charge in [-0.3, -0.25) is 4.68 Å². The van der Waals surface area contributed by atoms with Crippen LogP contribution in [0.3, 0.4) is 0 Å². The summed E-state index contributed by atoms with van der Waals surface area (Å²) in [5.41, 5.74) is 2.36. The van der Waals surface area contributed by atoms with E-state index in [9.17, 15) is 8.42 Å². The third-order valence-electron chi connectivity index (χ3n) is 4.29. The molecule has 2 aromatic carbocycles. The Morgan fingerprint density at radius 3 is 2.08 bits per heavy atom. The Hall–Kier alpha value is -2.44. The molecule has 0 aliphatic heterocycles. The molecule has 26 heavy (non-hydrogen) atoms. The maximum absolute atomic E-state index is 13.1. The van der Waals surface area contributed by atoms with E-state index in [-0.39, 0.29) is 4.90 Å². The molecule has 1 aromatic heterocycles. The second kappa shape index (κ2) is 7.85. The Morgan fingerprint density at radius 1 is 0.923 bits per heavy atom. The second-order valence-electron chi connectivity index (χ2n) is 5.98. The summed E-state index contributed by atoms with van der Waals surface area (Å²) in [5, 5.41) is 4.60. The van der Waals surface area contributed by atoms with Gasteiger partial charge in [0, 0.05) is 24.8 Å². The van der Waals surface area contributed by atoms with Crippen molar-refractivity contribution in [3.05, 3.63) is 72.4 Å². The minimum Gasteiger partial charge on any atom is -0.266 e. The van der Waals surface area contributed by atoms with Gasteiger partial charge in [0.1, 0.15) is 10.6 Å². The molecule has 3 rings (SSSR count). The van der Waals surface area contributed by atoms with Gasteiger partial charge in [-0.1, -0.05) is 74.5 Å². The summed E-state index contributed by atoms with van der Waals surface area (Å²) in [6, 6.07) is 19.3. The Bertz CT molecular complexity index is 947. The summed E-state index contributed by atoms with van der Waals surface area (Å²) >= 11 is 0. The van der Waals surface area contributed by atoms with Crippen molar-refractivity contribution in [3.63, 3.8) is 0 Å². The van der Waals surface area contributed by atoms with Gasteiger partial charge in [-0.05, 0) is 5.56 Å². The molecule has 0 unspecified atom stereocenters. The van der Waals surface area contributed by atoms with Crippen molar-refractivity contribution in [1.29, 1.82) is 0 Å². The van der Waals surface area contributed by atoms with Crippen molar-refractivity contribution in [2.75, 3.05) is 13.1 Å². The predicted molar refractivity (Wildman–Crippen MR) is 103 cm³/mol. The minimum absolute atomic E-state index is 0.253. The van der Waals surface area contributed by atoms with E-state index in [1.165, 1.54) is 4.31 Å². The van der Waals surface area contributed by atoms with Crippen LogP contribution in [0.5, 0.6) is 0 Å². The van der Waals surface area contributed by atoms with Crippen molar-refractivity contribution in [2.45, 2.75) is 25.3 Å². The van der Waals surface area contributed by atoms with Gasteiger partial charge in [0.15, 0.2) is 0 Å². The van der Waals surface area contributed by atoms with Gasteiger partial charge in [-0.2, -0.15) is 9.40 Å². The van der Waals surface area contributed by atoms with Crippen LogP contribution in [0.15, 0.2) is 71.8 Å². The van der Waals surface area contributed by atoms with Crippen LogP contribution < -0.4 is 0 Å². The van der Waals surface area contributed by atoms with Crippen LogP contribution in [-0.4, -0.2) is 35.6 Å². The van der Waals surface area contributed by atoms with Crippen LogP contribution in [0, 0.1) is 0 Å². The summed E-state index contributed by atoms with van der Waals surface area (Å²) in [5.74, 6) is 0. The van der Waals surface area contributed by atoms with E-state index >= 15 is 0 Å². The fourth-order valence-electron chi connectivity index (χ4n) is 2.94. The molecule has 0 spiro atoms. The molecule has 0 radical (unpaired) electrons. The van der Waals surface area contributed by atoms with Crippen LogP contribution in [-0.2, 0) is 16.6 Å². The molecule has 136 valence electrons. The summed E-state index contributed by atoms with van der Waals surface area (Å²) in [4.78, 5) is 0.253. The van der Waals surface area contributed by atoms with Crippen LogP contribution in [0.2, 0.25) is 0 Å². The molecule has 5 nitrogen and oxygen atoms in total. The first kappa shape index (κ1) is 18.4. The van der Waals surface area contributed by atoms with Gasteiger partial charge >= 0.3 is 0 Å². The number of benzene rings is 2. The van der Waals surface area contributed by atoms with Crippen molar-refractivity contribution >= 4 is 10.0 Å². The molecule has 0 saturated heterocycles. The third-order valence-corrected chi connectivity index (χ3v) is 6.34. The maximum Gasteiger partial charge on any atom is 0.246 e. The van der Waals surface area contributed by atoms with E-state index in [4.69, 9.17) is 0 Å². The topological polar surface area (TPSA) is 55.2 Å². The summed E-state index contributed by atoms with van der Waals surface area (Å²) in [7, 11) is -3.60. The van der Waals surface area contributed by atoms with Crippen molar-refractivity contribution in [2.24, 2.45) is 0 Å². The number of rotatable bonds is 7. The molecule has 0 amide bonds. The zero-order valence-corrected chi connectivity index (χ0v) is 15.9. The fraction of sp³-hybridized carbons (Fsp3) is 0.250. The number of aromatic nitrogens is 2. The first-order chi connectivity index (χ1) is 12.6. The van der Waals surface area contributed by atoms with Gasteiger partial charge in [0.2, 0.25) is 10.0 Å². The van der Waals surface area contributed by atoms with Crippen LogP contribution >= 0.6 is 0 Å². The third kappa shape index (κ3) is 3.71. The molecule has 3 aromatic rings. The van der Waals surface area contributed by atoms with E-state index < -0.39 is 10.0 Å². The lowest BCUT2D eigenvalue weighted by molar-refractivity contribution is 0.445. The standard InChI is InChI=1S/C20H23N3O2S/c1-3-23(4-2)26(24,25)19-16-22(15-17-11-7-5-8-12-17)21-20(19)18-13-9-6-10-14-18/h5-14,16H,3-4,15H2,1-2H3. The predicted octanol–water partition coefficient (Wildman–Crippen LogP) is 3.63. The normalized spacial score (nSPS) is 11.8. The molecule has 0 N–H and O–H groups in total. The van der Waals surface area contributed by atoms with Gasteiger partial charge in [0.05, 0.1) is 6.54 Å². The van der Waals surface area contributed by atoms with Gasteiger partial charge < -0.3 is 0 Å². The highest BCUT2D eigenvalue weighted by atomic mass is 32.2. The highest BCUT2D eigenvalue weighted by molar-refractivity contribution is 7.89. The quantitative estimate of drug-likeness (QED) is 0.639. The van der Waals surface area contributed by atoms with Crippen molar-refractivity contribution in [3.8, 4) is 11.3 Å². The Labute approximate surface area is 154 Å². The van der Waals surface area contributed by atoms with E-state index in [1.54, 1.807) is 10.9 Å². The SMILES string of the molecule is CCN(CC)S(=O)(=O)c1cn(Cc2ccccc2)nc1-c1ccccc1. The molecule has 0 aliphatic carbocycles.